The molecule has 0 radical (unpaired) electrons. The summed E-state index contributed by atoms with van der Waals surface area (Å²) in [5.74, 6) is -8.50. The topological polar surface area (TPSA) is 59.7 Å². The largest absolute Gasteiger partial charge is 0.484 e. The van der Waals surface area contributed by atoms with E-state index in [1.54, 1.807) is 0 Å². The highest BCUT2D eigenvalue weighted by Crippen LogP contribution is 2.43. The van der Waals surface area contributed by atoms with Crippen molar-refractivity contribution in [2.45, 2.75) is 24.2 Å². The van der Waals surface area contributed by atoms with Crippen LogP contribution in [0.25, 0.3) is 5.69 Å². The minimum atomic E-state index is -6.07. The molecule has 1 aromatic carbocycles. The lowest BCUT2D eigenvalue weighted by molar-refractivity contribution is -0.293. The molecule has 174 valence electrons. The van der Waals surface area contributed by atoms with Gasteiger partial charge in [-0.05, 0) is 24.3 Å². The predicted molar refractivity (Wildman–Crippen MR) is 95.2 cm³/mol. The van der Waals surface area contributed by atoms with Crippen molar-refractivity contribution < 1.29 is 39.9 Å². The summed E-state index contributed by atoms with van der Waals surface area (Å²) < 4.78 is 109. The molecule has 2 heterocycles. The molecule has 1 atom stereocenters. The first-order chi connectivity index (χ1) is 14.7. The third kappa shape index (κ3) is 4.83. The number of ether oxygens (including phenoxy) is 1. The fourth-order valence-corrected chi connectivity index (χ4v) is 2.88. The summed E-state index contributed by atoms with van der Waals surface area (Å²) in [6, 6.07) is 4.34. The number of likely N-dealkylation sites (N-methyl/N-ethyl adjacent to an activating group) is 1. The van der Waals surface area contributed by atoms with E-state index in [1.165, 1.54) is 18.3 Å². The number of hydrazone groups is 1. The van der Waals surface area contributed by atoms with E-state index in [9.17, 15) is 39.9 Å². The molecule has 1 aromatic heterocycles. The van der Waals surface area contributed by atoms with Crippen LogP contribution in [0.1, 0.15) is 17.4 Å². The third-order valence-electron chi connectivity index (χ3n) is 4.36. The molecule has 1 unspecified atom stereocenters. The van der Waals surface area contributed by atoms with Gasteiger partial charge in [-0.1, -0.05) is 0 Å². The Bertz CT molecular complexity index is 1060. The smallest absolute Gasteiger partial charge is 0.461 e. The van der Waals surface area contributed by atoms with Gasteiger partial charge in [0.1, 0.15) is 5.75 Å². The molecular formula is C18H14F8N4O2. The van der Waals surface area contributed by atoms with Gasteiger partial charge in [0.15, 0.2) is 12.4 Å². The zero-order chi connectivity index (χ0) is 23.9. The lowest BCUT2D eigenvalue weighted by Crippen LogP contribution is -2.41. The van der Waals surface area contributed by atoms with Crippen molar-refractivity contribution in [2.24, 2.45) is 5.10 Å². The molecular weight excluding hydrogens is 456 g/mol. The Morgan fingerprint density at radius 1 is 1.06 bits per heavy atom. The van der Waals surface area contributed by atoms with Crippen LogP contribution < -0.4 is 10.3 Å². The molecule has 0 spiro atoms. The van der Waals surface area contributed by atoms with Crippen LogP contribution >= 0.6 is 0 Å². The Kier molecular flexibility index (Phi) is 5.91. The van der Waals surface area contributed by atoms with Crippen molar-refractivity contribution in [3.05, 3.63) is 52.2 Å². The molecule has 0 saturated carbocycles. The van der Waals surface area contributed by atoms with Gasteiger partial charge >= 0.3 is 18.3 Å². The highest BCUT2D eigenvalue weighted by molar-refractivity contribution is 5.68. The van der Waals surface area contributed by atoms with E-state index >= 15 is 0 Å². The molecule has 14 heteroatoms. The number of hydrogen-bond acceptors (Lipinski definition) is 5. The molecule has 6 nitrogen and oxygen atoms in total. The number of benzene rings is 1. The van der Waals surface area contributed by atoms with E-state index in [0.29, 0.717) is 0 Å². The normalized spacial score (nSPS) is 17.2. The van der Waals surface area contributed by atoms with Crippen molar-refractivity contribution >= 4 is 6.21 Å². The highest BCUT2D eigenvalue weighted by atomic mass is 19.4. The molecule has 0 amide bonds. The van der Waals surface area contributed by atoms with Gasteiger partial charge in [0.05, 0.1) is 17.3 Å². The Morgan fingerprint density at radius 3 is 2.19 bits per heavy atom. The van der Waals surface area contributed by atoms with Gasteiger partial charge in [0.2, 0.25) is 0 Å². The number of halogens is 8. The predicted octanol–water partition coefficient (Wildman–Crippen LogP) is 3.84. The van der Waals surface area contributed by atoms with Crippen LogP contribution in [0.5, 0.6) is 5.75 Å². The molecule has 2 aromatic rings. The SMILES string of the molecule is CN1CC(c2cc(=O)n(-c3ccc(OCC(F)(F)F)cc3)c(C(F)(F)C(F)(F)F)n2)C=N1. The zero-order valence-corrected chi connectivity index (χ0v) is 16.1. The number of alkyl halides is 8. The molecule has 1 aliphatic rings. The maximum Gasteiger partial charge on any atom is 0.461 e. The average molecular weight is 470 g/mol. The molecule has 1 aliphatic heterocycles. The minimum Gasteiger partial charge on any atom is -0.484 e. The van der Waals surface area contributed by atoms with Crippen LogP contribution in [-0.4, -0.2) is 53.3 Å². The molecule has 3 rings (SSSR count). The molecule has 0 bridgehead atoms. The van der Waals surface area contributed by atoms with Crippen molar-refractivity contribution in [1.82, 2.24) is 14.6 Å². The summed E-state index contributed by atoms with van der Waals surface area (Å²) in [6.07, 6.45) is -9.45. The average Bonchev–Trinajstić information content (AvgIpc) is 3.11. The van der Waals surface area contributed by atoms with Gasteiger partial charge < -0.3 is 4.74 Å². The molecule has 0 fully saturated rings. The molecule has 0 saturated heterocycles. The van der Waals surface area contributed by atoms with Crippen LogP contribution in [0.3, 0.4) is 0 Å². The second kappa shape index (κ2) is 8.06. The fourth-order valence-electron chi connectivity index (χ4n) is 2.88. The van der Waals surface area contributed by atoms with E-state index in [4.69, 9.17) is 0 Å². The van der Waals surface area contributed by atoms with Crippen LogP contribution in [0.2, 0.25) is 0 Å². The first-order valence-corrected chi connectivity index (χ1v) is 8.83. The van der Waals surface area contributed by atoms with E-state index in [-0.39, 0.29) is 22.6 Å². The van der Waals surface area contributed by atoms with Gasteiger partial charge in [-0.25, -0.2) is 4.98 Å². The summed E-state index contributed by atoms with van der Waals surface area (Å²) in [5, 5.41) is 5.23. The van der Waals surface area contributed by atoms with Gasteiger partial charge in [-0.2, -0.15) is 40.2 Å². The maximum atomic E-state index is 14.3. The van der Waals surface area contributed by atoms with Crippen molar-refractivity contribution in [3.8, 4) is 11.4 Å². The standard InChI is InChI=1S/C18H14F8N4O2/c1-29-8-10(7-27-29)13-6-14(31)30(15(28-13)17(22,23)18(24,25)26)11-2-4-12(5-3-11)32-9-16(19,20)21/h2-7,10H,8-9H2,1H3. The van der Waals surface area contributed by atoms with Crippen molar-refractivity contribution in [3.63, 3.8) is 0 Å². The Balaban J connectivity index is 2.09. The van der Waals surface area contributed by atoms with E-state index in [1.807, 2.05) is 0 Å². The van der Waals surface area contributed by atoms with Crippen molar-refractivity contribution in [1.29, 1.82) is 0 Å². The third-order valence-corrected chi connectivity index (χ3v) is 4.36. The highest BCUT2D eigenvalue weighted by Gasteiger charge is 2.62. The van der Waals surface area contributed by atoms with Gasteiger partial charge in [0.25, 0.3) is 5.56 Å². The van der Waals surface area contributed by atoms with Crippen molar-refractivity contribution in [2.75, 3.05) is 20.2 Å². The van der Waals surface area contributed by atoms with Crippen LogP contribution in [0, 0.1) is 0 Å². The van der Waals surface area contributed by atoms with Gasteiger partial charge in [-0.3, -0.25) is 14.4 Å². The number of nitrogens with zero attached hydrogens (tertiary/aromatic N) is 4. The summed E-state index contributed by atoms with van der Waals surface area (Å²) in [7, 11) is 1.53. The zero-order valence-electron chi connectivity index (χ0n) is 16.1. The summed E-state index contributed by atoms with van der Waals surface area (Å²) in [6.45, 7) is -1.53. The van der Waals surface area contributed by atoms with Gasteiger partial charge in [0, 0.05) is 25.9 Å². The Morgan fingerprint density at radius 2 is 1.69 bits per heavy atom. The number of rotatable bonds is 5. The second-order valence-corrected chi connectivity index (χ2v) is 6.86. The summed E-state index contributed by atoms with van der Waals surface area (Å²) in [5.41, 5.74) is -2.03. The number of hydrogen-bond donors (Lipinski definition) is 0. The first kappa shape index (κ1) is 23.5. The van der Waals surface area contributed by atoms with Crippen LogP contribution in [0.15, 0.2) is 40.2 Å². The van der Waals surface area contributed by atoms with E-state index in [0.717, 1.165) is 30.3 Å². The fraction of sp³-hybridized carbons (Fsp3) is 0.389. The number of aromatic nitrogens is 2. The minimum absolute atomic E-state index is 0.0559. The quantitative estimate of drug-likeness (QED) is 0.624. The lowest BCUT2D eigenvalue weighted by Gasteiger charge is -2.23. The Hall–Kier alpha value is -3.19. The first-order valence-electron chi connectivity index (χ1n) is 8.83. The Labute approximate surface area is 174 Å². The van der Waals surface area contributed by atoms with E-state index in [2.05, 4.69) is 14.8 Å². The van der Waals surface area contributed by atoms with Gasteiger partial charge in [-0.15, -0.1) is 0 Å². The molecule has 0 aliphatic carbocycles. The summed E-state index contributed by atoms with van der Waals surface area (Å²) >= 11 is 0. The molecule has 32 heavy (non-hydrogen) atoms. The van der Waals surface area contributed by atoms with E-state index < -0.39 is 47.9 Å². The second-order valence-electron chi connectivity index (χ2n) is 6.86. The maximum absolute atomic E-state index is 14.3. The van der Waals surface area contributed by atoms with Crippen LogP contribution in [0.4, 0.5) is 35.1 Å². The molecule has 0 N–H and O–H groups in total. The summed E-state index contributed by atoms with van der Waals surface area (Å²) in [4.78, 5) is 16.1. The monoisotopic (exact) mass is 470 g/mol. The van der Waals surface area contributed by atoms with Crippen LogP contribution in [-0.2, 0) is 5.92 Å². The lowest BCUT2D eigenvalue weighted by atomic mass is 10.1.